The Bertz CT molecular complexity index is 1310. The molecule has 0 saturated carbocycles. The summed E-state index contributed by atoms with van der Waals surface area (Å²) in [5.41, 5.74) is 0.983. The summed E-state index contributed by atoms with van der Waals surface area (Å²) < 4.78 is 18.9. The third kappa shape index (κ3) is 3.91. The van der Waals surface area contributed by atoms with Crippen LogP contribution >= 0.6 is 12.2 Å². The molecule has 8 nitrogen and oxygen atoms in total. The number of nitrogens with one attached hydrogen (secondary N) is 1. The summed E-state index contributed by atoms with van der Waals surface area (Å²) in [6.07, 6.45) is 1.25. The molecule has 4 rings (SSSR count). The Balaban J connectivity index is 1.67. The molecule has 1 aliphatic heterocycles. The molecule has 0 radical (unpaired) electrons. The number of thiocarbonyl (C=S) groups is 1. The second-order valence-electron chi connectivity index (χ2n) is 6.89. The van der Waals surface area contributed by atoms with Crippen LogP contribution in [0.1, 0.15) is 11.3 Å². The number of carbonyl (C=O) groups is 2. The molecule has 1 aromatic heterocycles. The van der Waals surface area contributed by atoms with Crippen LogP contribution in [0.25, 0.3) is 17.4 Å². The van der Waals surface area contributed by atoms with E-state index in [2.05, 4.69) is 5.32 Å². The maximum Gasteiger partial charge on any atom is 0.273 e. The van der Waals surface area contributed by atoms with Crippen LogP contribution < -0.4 is 10.2 Å². The van der Waals surface area contributed by atoms with Crippen LogP contribution in [0.15, 0.2) is 64.6 Å². The van der Waals surface area contributed by atoms with Crippen LogP contribution in [0.3, 0.4) is 0 Å². The summed E-state index contributed by atoms with van der Waals surface area (Å²) in [6, 6.07) is 12.8. The average Bonchev–Trinajstić information content (AvgIpc) is 3.21. The van der Waals surface area contributed by atoms with E-state index in [0.29, 0.717) is 22.6 Å². The van der Waals surface area contributed by atoms with Gasteiger partial charge in [0.1, 0.15) is 22.9 Å². The van der Waals surface area contributed by atoms with Gasteiger partial charge in [0.05, 0.1) is 10.6 Å². The fourth-order valence-corrected chi connectivity index (χ4v) is 3.45. The van der Waals surface area contributed by atoms with E-state index in [1.807, 2.05) is 0 Å². The van der Waals surface area contributed by atoms with E-state index in [-0.39, 0.29) is 22.1 Å². The van der Waals surface area contributed by atoms with Crippen molar-refractivity contribution in [3.8, 4) is 11.3 Å². The Hall–Kier alpha value is -4.18. The molecule has 0 unspecified atom stereocenters. The second kappa shape index (κ2) is 8.16. The van der Waals surface area contributed by atoms with E-state index >= 15 is 0 Å². The fraction of sp³-hybridized carbons (Fsp3) is 0.0455. The summed E-state index contributed by atoms with van der Waals surface area (Å²) in [4.78, 5) is 37.1. The van der Waals surface area contributed by atoms with Gasteiger partial charge in [0.2, 0.25) is 0 Å². The number of hydrogen-bond acceptors (Lipinski definition) is 6. The number of benzene rings is 2. The van der Waals surface area contributed by atoms with E-state index in [1.54, 1.807) is 25.1 Å². The van der Waals surface area contributed by atoms with Gasteiger partial charge in [-0.1, -0.05) is 12.1 Å². The highest BCUT2D eigenvalue weighted by Gasteiger charge is 2.34. The predicted molar refractivity (Wildman–Crippen MR) is 118 cm³/mol. The average molecular weight is 451 g/mol. The number of nitro groups is 1. The van der Waals surface area contributed by atoms with Crippen molar-refractivity contribution in [3.63, 3.8) is 0 Å². The summed E-state index contributed by atoms with van der Waals surface area (Å²) in [6.45, 7) is 1.63. The van der Waals surface area contributed by atoms with Crippen molar-refractivity contribution in [2.24, 2.45) is 0 Å². The van der Waals surface area contributed by atoms with Crippen LogP contribution in [-0.2, 0) is 9.59 Å². The van der Waals surface area contributed by atoms with Crippen molar-refractivity contribution >= 4 is 46.6 Å². The maximum atomic E-state index is 13.2. The standard InChI is InChI=1S/C22H14FN3O5S/c1-12-2-3-13(10-18(12)26(29)30)19-9-8-16(31-19)11-17-20(27)24-22(32)25(21(17)28)15-6-4-14(23)5-7-15/h2-11H,1H3,(H,24,27,32)/b17-11+. The molecule has 2 aromatic carbocycles. The third-order valence-corrected chi connectivity index (χ3v) is 5.07. The number of nitro benzene ring substituents is 1. The lowest BCUT2D eigenvalue weighted by molar-refractivity contribution is -0.385. The van der Waals surface area contributed by atoms with Gasteiger partial charge in [-0.25, -0.2) is 4.39 Å². The van der Waals surface area contributed by atoms with Crippen molar-refractivity contribution in [2.45, 2.75) is 6.92 Å². The van der Waals surface area contributed by atoms with Crippen LogP contribution in [0.2, 0.25) is 0 Å². The van der Waals surface area contributed by atoms with Crippen molar-refractivity contribution in [1.29, 1.82) is 0 Å². The number of halogens is 1. The lowest BCUT2D eigenvalue weighted by Crippen LogP contribution is -2.54. The minimum atomic E-state index is -0.706. The lowest BCUT2D eigenvalue weighted by atomic mass is 10.1. The number of nitrogens with zero attached hydrogens (tertiary/aromatic N) is 2. The Kier molecular flexibility index (Phi) is 5.37. The Morgan fingerprint density at radius 2 is 1.84 bits per heavy atom. The number of furan rings is 1. The molecular weight excluding hydrogens is 437 g/mol. The quantitative estimate of drug-likeness (QED) is 0.210. The molecular formula is C22H14FN3O5S. The molecule has 2 heterocycles. The van der Waals surface area contributed by atoms with Gasteiger partial charge in [0, 0.05) is 17.2 Å². The van der Waals surface area contributed by atoms with Gasteiger partial charge in [0.15, 0.2) is 5.11 Å². The Labute approximate surface area is 186 Å². The Morgan fingerprint density at radius 3 is 2.53 bits per heavy atom. The zero-order valence-corrected chi connectivity index (χ0v) is 17.3. The van der Waals surface area contributed by atoms with Gasteiger partial charge in [-0.05, 0) is 61.6 Å². The van der Waals surface area contributed by atoms with E-state index in [9.17, 15) is 24.1 Å². The molecule has 0 spiro atoms. The first-order valence-corrected chi connectivity index (χ1v) is 9.67. The van der Waals surface area contributed by atoms with E-state index < -0.39 is 22.6 Å². The summed E-state index contributed by atoms with van der Waals surface area (Å²) >= 11 is 5.10. The zero-order chi connectivity index (χ0) is 23.0. The number of aryl methyl sites for hydroxylation is 1. The van der Waals surface area contributed by atoms with Gasteiger partial charge in [0.25, 0.3) is 17.5 Å². The van der Waals surface area contributed by atoms with Crippen molar-refractivity contribution in [2.75, 3.05) is 4.90 Å². The van der Waals surface area contributed by atoms with Gasteiger partial charge in [-0.2, -0.15) is 0 Å². The number of hydrogen-bond donors (Lipinski definition) is 1. The molecule has 1 fully saturated rings. The molecule has 1 saturated heterocycles. The Morgan fingerprint density at radius 1 is 1.12 bits per heavy atom. The first kappa shape index (κ1) is 21.1. The topological polar surface area (TPSA) is 106 Å². The molecule has 10 heteroatoms. The smallest absolute Gasteiger partial charge is 0.273 e. The number of carbonyl (C=O) groups excluding carboxylic acids is 2. The highest BCUT2D eigenvalue weighted by atomic mass is 32.1. The number of rotatable bonds is 4. The second-order valence-corrected chi connectivity index (χ2v) is 7.28. The predicted octanol–water partition coefficient (Wildman–Crippen LogP) is 4.13. The largest absolute Gasteiger partial charge is 0.457 e. The molecule has 32 heavy (non-hydrogen) atoms. The van der Waals surface area contributed by atoms with Gasteiger partial charge >= 0.3 is 0 Å². The van der Waals surface area contributed by atoms with Crippen molar-refractivity contribution in [3.05, 3.63) is 87.4 Å². The molecule has 2 amide bonds. The lowest BCUT2D eigenvalue weighted by Gasteiger charge is -2.28. The van der Waals surface area contributed by atoms with Crippen LogP contribution in [0.5, 0.6) is 0 Å². The van der Waals surface area contributed by atoms with Crippen LogP contribution in [0.4, 0.5) is 15.8 Å². The summed E-state index contributed by atoms with van der Waals surface area (Å²) in [5, 5.41) is 13.5. The van der Waals surface area contributed by atoms with E-state index in [4.69, 9.17) is 16.6 Å². The highest BCUT2D eigenvalue weighted by molar-refractivity contribution is 7.80. The molecule has 1 aliphatic rings. The number of anilines is 1. The number of amides is 2. The minimum Gasteiger partial charge on any atom is -0.457 e. The summed E-state index contributed by atoms with van der Waals surface area (Å²) in [7, 11) is 0. The highest BCUT2D eigenvalue weighted by Crippen LogP contribution is 2.29. The third-order valence-electron chi connectivity index (χ3n) is 4.79. The summed E-state index contributed by atoms with van der Waals surface area (Å²) in [5.74, 6) is -1.37. The van der Waals surface area contributed by atoms with E-state index in [1.165, 1.54) is 42.5 Å². The van der Waals surface area contributed by atoms with Crippen LogP contribution in [-0.4, -0.2) is 21.9 Å². The van der Waals surface area contributed by atoms with Crippen molar-refractivity contribution in [1.82, 2.24) is 5.32 Å². The molecule has 0 atom stereocenters. The maximum absolute atomic E-state index is 13.2. The molecule has 3 aromatic rings. The van der Waals surface area contributed by atoms with E-state index in [0.717, 1.165) is 4.90 Å². The fourth-order valence-electron chi connectivity index (χ4n) is 3.17. The molecule has 0 bridgehead atoms. The monoisotopic (exact) mass is 451 g/mol. The van der Waals surface area contributed by atoms with Gasteiger partial charge in [-0.3, -0.25) is 29.9 Å². The van der Waals surface area contributed by atoms with Crippen molar-refractivity contribution < 1.29 is 23.3 Å². The SMILES string of the molecule is Cc1ccc(-c2ccc(/C=C3\C(=O)NC(=S)N(c4ccc(F)cc4)C3=O)o2)cc1[N+](=O)[O-]. The minimum absolute atomic E-state index is 0.0518. The normalized spacial score (nSPS) is 15.2. The molecule has 160 valence electrons. The van der Waals surface area contributed by atoms with Crippen LogP contribution in [0, 0.1) is 22.9 Å². The molecule has 1 N–H and O–H groups in total. The first-order chi connectivity index (χ1) is 15.2. The zero-order valence-electron chi connectivity index (χ0n) is 16.5. The van der Waals surface area contributed by atoms with Gasteiger partial charge in [-0.15, -0.1) is 0 Å². The molecule has 0 aliphatic carbocycles. The van der Waals surface area contributed by atoms with Gasteiger partial charge < -0.3 is 4.42 Å². The first-order valence-electron chi connectivity index (χ1n) is 9.27.